The molecule has 0 aliphatic heterocycles. The number of aromatic nitrogens is 3. The van der Waals surface area contributed by atoms with Crippen molar-refractivity contribution in [3.8, 4) is 0 Å². The number of nitrogens with one attached hydrogen (secondary N) is 1. The lowest BCUT2D eigenvalue weighted by molar-refractivity contribution is 0.0274. The third-order valence-electron chi connectivity index (χ3n) is 6.36. The van der Waals surface area contributed by atoms with Gasteiger partial charge in [0.15, 0.2) is 0 Å². The zero-order valence-corrected chi connectivity index (χ0v) is 16.7. The molecule has 0 saturated heterocycles. The Balaban J connectivity index is 1.36. The van der Waals surface area contributed by atoms with E-state index in [1.807, 2.05) is 12.3 Å². The summed E-state index contributed by atoms with van der Waals surface area (Å²) in [5.74, 6) is 0.926. The van der Waals surface area contributed by atoms with E-state index < -0.39 is 0 Å². The molecule has 1 aliphatic carbocycles. The van der Waals surface area contributed by atoms with Crippen molar-refractivity contribution in [3.63, 3.8) is 0 Å². The molecule has 1 fully saturated rings. The molecule has 1 atom stereocenters. The van der Waals surface area contributed by atoms with Crippen molar-refractivity contribution in [1.82, 2.24) is 15.0 Å². The zero-order valence-electron chi connectivity index (χ0n) is 16.7. The molecule has 2 aromatic carbocycles. The van der Waals surface area contributed by atoms with E-state index in [9.17, 15) is 8.78 Å². The number of methoxy groups -OCH3 is 1. The number of hydrogen-bond donors (Lipinski definition) is 1. The minimum atomic E-state index is -0.284. The normalized spacial score (nSPS) is 20.6. The molecule has 0 spiro atoms. The molecule has 2 aromatic heterocycles. The summed E-state index contributed by atoms with van der Waals surface area (Å²) in [6, 6.07) is 11.4. The lowest BCUT2D eigenvalue weighted by atomic mass is 9.76. The number of halogens is 2. The zero-order chi connectivity index (χ0) is 20.7. The molecule has 1 aliphatic rings. The molecule has 4 aromatic rings. The Kier molecular flexibility index (Phi) is 4.95. The van der Waals surface area contributed by atoms with Crippen LogP contribution in [0.5, 0.6) is 0 Å². The Bertz CT molecular complexity index is 1200. The SMILES string of the molecule is COC(c1nc2ccc(F)cc2[nH]1)C1CCC(c2ccnc3ccc(F)cc23)CC1. The molecule has 30 heavy (non-hydrogen) atoms. The molecule has 5 rings (SSSR count). The van der Waals surface area contributed by atoms with E-state index in [1.165, 1.54) is 23.8 Å². The summed E-state index contributed by atoms with van der Waals surface area (Å²) < 4.78 is 33.2. The number of imidazole rings is 1. The van der Waals surface area contributed by atoms with Gasteiger partial charge in [0.1, 0.15) is 23.6 Å². The highest BCUT2D eigenvalue weighted by Crippen LogP contribution is 2.43. The number of rotatable bonds is 4. The van der Waals surface area contributed by atoms with Crippen molar-refractivity contribution in [2.24, 2.45) is 5.92 Å². The molecule has 154 valence electrons. The predicted molar refractivity (Wildman–Crippen MR) is 112 cm³/mol. The fourth-order valence-electron chi connectivity index (χ4n) is 4.89. The Morgan fingerprint density at radius 2 is 1.70 bits per heavy atom. The van der Waals surface area contributed by atoms with Crippen LogP contribution in [0.1, 0.15) is 49.1 Å². The Hall–Kier alpha value is -2.86. The van der Waals surface area contributed by atoms with E-state index in [0.29, 0.717) is 17.4 Å². The second kappa shape index (κ2) is 7.76. The van der Waals surface area contributed by atoms with E-state index in [2.05, 4.69) is 15.0 Å². The van der Waals surface area contributed by atoms with E-state index >= 15 is 0 Å². The first-order chi connectivity index (χ1) is 14.6. The number of aromatic amines is 1. The number of ether oxygens (including phenoxy) is 1. The number of fused-ring (bicyclic) bond motifs is 2. The quantitative estimate of drug-likeness (QED) is 0.448. The number of hydrogen-bond acceptors (Lipinski definition) is 3. The van der Waals surface area contributed by atoms with Gasteiger partial charge >= 0.3 is 0 Å². The maximum Gasteiger partial charge on any atom is 0.136 e. The fraction of sp³-hybridized carbons (Fsp3) is 0.333. The van der Waals surface area contributed by atoms with Crippen molar-refractivity contribution in [2.75, 3.05) is 7.11 Å². The molecular weight excluding hydrogens is 384 g/mol. The molecule has 4 nitrogen and oxygen atoms in total. The van der Waals surface area contributed by atoms with Crippen LogP contribution in [0.2, 0.25) is 0 Å². The lowest BCUT2D eigenvalue weighted by Gasteiger charge is -2.33. The molecule has 1 unspecified atom stereocenters. The highest BCUT2D eigenvalue weighted by atomic mass is 19.1. The summed E-state index contributed by atoms with van der Waals surface area (Å²) in [5, 5.41) is 0.906. The van der Waals surface area contributed by atoms with E-state index in [0.717, 1.165) is 47.9 Å². The monoisotopic (exact) mass is 407 g/mol. The maximum absolute atomic E-state index is 13.8. The second-order valence-corrected chi connectivity index (χ2v) is 8.11. The smallest absolute Gasteiger partial charge is 0.136 e. The molecule has 1 saturated carbocycles. The van der Waals surface area contributed by atoms with Crippen LogP contribution in [0.3, 0.4) is 0 Å². The maximum atomic E-state index is 13.8. The van der Waals surface area contributed by atoms with Gasteiger partial charge in [-0.25, -0.2) is 13.8 Å². The van der Waals surface area contributed by atoms with Gasteiger partial charge in [0, 0.05) is 18.7 Å². The van der Waals surface area contributed by atoms with E-state index in [-0.39, 0.29) is 17.7 Å². The van der Waals surface area contributed by atoms with Crippen LogP contribution in [0, 0.1) is 17.6 Å². The van der Waals surface area contributed by atoms with Gasteiger partial charge in [0.2, 0.25) is 0 Å². The molecular formula is C24H23F2N3O. The van der Waals surface area contributed by atoms with Crippen molar-refractivity contribution in [3.05, 3.63) is 71.7 Å². The molecule has 0 amide bonds. The first-order valence-corrected chi connectivity index (χ1v) is 10.3. The molecule has 0 radical (unpaired) electrons. The summed E-state index contributed by atoms with van der Waals surface area (Å²) in [5.41, 5.74) is 3.44. The first-order valence-electron chi connectivity index (χ1n) is 10.3. The summed E-state index contributed by atoms with van der Waals surface area (Å²) in [6.07, 6.45) is 5.60. The Labute approximate surface area is 173 Å². The van der Waals surface area contributed by atoms with Crippen LogP contribution in [0.15, 0.2) is 48.7 Å². The number of pyridine rings is 1. The molecule has 2 heterocycles. The van der Waals surface area contributed by atoms with Gasteiger partial charge in [-0.2, -0.15) is 0 Å². The van der Waals surface area contributed by atoms with Crippen LogP contribution in [0.4, 0.5) is 8.78 Å². The van der Waals surface area contributed by atoms with Gasteiger partial charge in [0.05, 0.1) is 16.6 Å². The topological polar surface area (TPSA) is 50.8 Å². The predicted octanol–water partition coefficient (Wildman–Crippen LogP) is 6.05. The van der Waals surface area contributed by atoms with Gasteiger partial charge < -0.3 is 9.72 Å². The summed E-state index contributed by atoms with van der Waals surface area (Å²) in [4.78, 5) is 12.2. The molecule has 1 N–H and O–H groups in total. The highest BCUT2D eigenvalue weighted by molar-refractivity contribution is 5.82. The second-order valence-electron chi connectivity index (χ2n) is 8.11. The van der Waals surface area contributed by atoms with Gasteiger partial charge in [-0.3, -0.25) is 4.98 Å². The molecule has 6 heteroatoms. The number of benzene rings is 2. The minimum Gasteiger partial charge on any atom is -0.373 e. The first kappa shape index (κ1) is 19.1. The van der Waals surface area contributed by atoms with Gasteiger partial charge in [-0.05, 0) is 85.5 Å². The van der Waals surface area contributed by atoms with Gasteiger partial charge in [-0.15, -0.1) is 0 Å². The summed E-state index contributed by atoms with van der Waals surface area (Å²) in [7, 11) is 1.70. The van der Waals surface area contributed by atoms with Crippen molar-refractivity contribution >= 4 is 21.9 Å². The van der Waals surface area contributed by atoms with Crippen LogP contribution < -0.4 is 0 Å². The largest absolute Gasteiger partial charge is 0.373 e. The van der Waals surface area contributed by atoms with E-state index in [4.69, 9.17) is 4.74 Å². The van der Waals surface area contributed by atoms with Crippen LogP contribution in [0.25, 0.3) is 21.9 Å². The third kappa shape index (κ3) is 3.45. The standard InChI is InChI=1S/C24H23F2N3O/c1-30-23(24-28-21-9-7-17(26)13-22(21)29-24)15-4-2-14(3-5-15)18-10-11-27-20-8-6-16(25)12-19(18)20/h6-15,23H,2-5H2,1H3,(H,28,29). The number of H-pyrrole nitrogens is 1. The Morgan fingerprint density at radius 1 is 0.967 bits per heavy atom. The Morgan fingerprint density at radius 3 is 2.47 bits per heavy atom. The van der Waals surface area contributed by atoms with Crippen LogP contribution in [-0.4, -0.2) is 22.1 Å². The lowest BCUT2D eigenvalue weighted by Crippen LogP contribution is -2.22. The van der Waals surface area contributed by atoms with Crippen molar-refractivity contribution in [2.45, 2.75) is 37.7 Å². The van der Waals surface area contributed by atoms with Crippen LogP contribution in [-0.2, 0) is 4.74 Å². The fourth-order valence-corrected chi connectivity index (χ4v) is 4.89. The van der Waals surface area contributed by atoms with Gasteiger partial charge in [-0.1, -0.05) is 0 Å². The highest BCUT2D eigenvalue weighted by Gasteiger charge is 2.31. The van der Waals surface area contributed by atoms with Crippen molar-refractivity contribution in [1.29, 1.82) is 0 Å². The van der Waals surface area contributed by atoms with Crippen molar-refractivity contribution < 1.29 is 13.5 Å². The van der Waals surface area contributed by atoms with Gasteiger partial charge in [0.25, 0.3) is 0 Å². The van der Waals surface area contributed by atoms with E-state index in [1.54, 1.807) is 25.3 Å². The molecule has 0 bridgehead atoms. The summed E-state index contributed by atoms with van der Waals surface area (Å²) >= 11 is 0. The average Bonchev–Trinajstić information content (AvgIpc) is 3.17. The number of nitrogens with zero attached hydrogens (tertiary/aromatic N) is 2. The minimum absolute atomic E-state index is 0.159. The third-order valence-corrected chi connectivity index (χ3v) is 6.36. The average molecular weight is 407 g/mol. The van der Waals surface area contributed by atoms with Crippen LogP contribution >= 0.6 is 0 Å². The summed E-state index contributed by atoms with van der Waals surface area (Å²) in [6.45, 7) is 0.